The van der Waals surface area contributed by atoms with E-state index in [0.29, 0.717) is 23.3 Å². The first-order chi connectivity index (χ1) is 13.1. The number of carbonyl (C=O) groups excluding carboxylic acids is 1. The number of nitrogens with one attached hydrogen (secondary N) is 1. The molecule has 0 aliphatic heterocycles. The van der Waals surface area contributed by atoms with Gasteiger partial charge in [-0.05, 0) is 29.0 Å². The van der Waals surface area contributed by atoms with E-state index in [1.807, 2.05) is 24.3 Å². The molecule has 4 rings (SSSR count). The van der Waals surface area contributed by atoms with E-state index in [1.165, 1.54) is 11.3 Å². The Balaban J connectivity index is 1.60. The molecule has 0 atom stereocenters. The van der Waals surface area contributed by atoms with Gasteiger partial charge in [0.25, 0.3) is 5.91 Å². The lowest BCUT2D eigenvalue weighted by atomic mass is 10.1. The van der Waals surface area contributed by atoms with E-state index >= 15 is 0 Å². The summed E-state index contributed by atoms with van der Waals surface area (Å²) in [4.78, 5) is 12.9. The molecule has 4 aromatic rings. The minimum atomic E-state index is -0.151. The van der Waals surface area contributed by atoms with Crippen molar-refractivity contribution >= 4 is 43.9 Å². The fourth-order valence-electron chi connectivity index (χ4n) is 3.00. The Kier molecular flexibility index (Phi) is 5.05. The van der Waals surface area contributed by atoms with Crippen molar-refractivity contribution in [3.63, 3.8) is 0 Å². The summed E-state index contributed by atoms with van der Waals surface area (Å²) in [6.45, 7) is 4.93. The topological polar surface area (TPSA) is 59.8 Å². The molecule has 0 radical (unpaired) electrons. The number of rotatable bonds is 6. The van der Waals surface area contributed by atoms with Crippen LogP contribution in [0.15, 0.2) is 47.8 Å². The van der Waals surface area contributed by atoms with Crippen LogP contribution in [0, 0.1) is 5.92 Å². The standard InChI is InChI=1S/C20H20N4OS2/c1-13(2)10-18-22-23-20(27-18)21-19(25)16-11-17-15(8-9-26-17)24(16)12-14-6-4-3-5-7-14/h3-9,11,13H,10,12H2,1-2H3,(H,21,23,25). The summed E-state index contributed by atoms with van der Waals surface area (Å²) in [6, 6.07) is 14.2. The fourth-order valence-corrected chi connectivity index (χ4v) is 4.77. The van der Waals surface area contributed by atoms with Crippen LogP contribution in [0.3, 0.4) is 0 Å². The van der Waals surface area contributed by atoms with Crippen molar-refractivity contribution in [1.29, 1.82) is 0 Å². The summed E-state index contributed by atoms with van der Waals surface area (Å²) in [5.41, 5.74) is 2.87. The van der Waals surface area contributed by atoms with E-state index in [1.54, 1.807) is 11.3 Å². The van der Waals surface area contributed by atoms with Crippen molar-refractivity contribution in [2.75, 3.05) is 5.32 Å². The normalized spacial score (nSPS) is 11.4. The molecule has 1 N–H and O–H groups in total. The molecule has 0 spiro atoms. The van der Waals surface area contributed by atoms with Crippen molar-refractivity contribution in [2.45, 2.75) is 26.8 Å². The summed E-state index contributed by atoms with van der Waals surface area (Å²) in [6.07, 6.45) is 0.869. The van der Waals surface area contributed by atoms with Gasteiger partial charge < -0.3 is 4.57 Å². The Hall–Kier alpha value is -2.51. The number of aromatic nitrogens is 3. The van der Waals surface area contributed by atoms with Crippen LogP contribution in [-0.4, -0.2) is 20.7 Å². The summed E-state index contributed by atoms with van der Waals surface area (Å²) < 4.78 is 3.17. The van der Waals surface area contributed by atoms with Crippen molar-refractivity contribution in [2.24, 2.45) is 5.92 Å². The maximum atomic E-state index is 12.9. The third-order valence-corrected chi connectivity index (χ3v) is 5.92. The van der Waals surface area contributed by atoms with Crippen molar-refractivity contribution in [3.05, 3.63) is 64.1 Å². The molecule has 5 nitrogen and oxygen atoms in total. The minimum Gasteiger partial charge on any atom is -0.331 e. The van der Waals surface area contributed by atoms with Crippen LogP contribution in [0.5, 0.6) is 0 Å². The number of thiophene rings is 1. The van der Waals surface area contributed by atoms with Crippen LogP contribution in [-0.2, 0) is 13.0 Å². The van der Waals surface area contributed by atoms with E-state index in [0.717, 1.165) is 27.2 Å². The van der Waals surface area contributed by atoms with Gasteiger partial charge in [0.2, 0.25) is 5.13 Å². The molecule has 0 saturated heterocycles. The highest BCUT2D eigenvalue weighted by Gasteiger charge is 2.18. The number of anilines is 1. The quantitative estimate of drug-likeness (QED) is 0.496. The number of hydrogen-bond acceptors (Lipinski definition) is 5. The van der Waals surface area contributed by atoms with Crippen LogP contribution in [0.4, 0.5) is 5.13 Å². The first kappa shape index (κ1) is 17.9. The Morgan fingerprint density at radius 2 is 2.00 bits per heavy atom. The second-order valence-electron chi connectivity index (χ2n) is 6.82. The van der Waals surface area contributed by atoms with Gasteiger partial charge >= 0.3 is 0 Å². The molecule has 1 aromatic carbocycles. The minimum absolute atomic E-state index is 0.151. The zero-order chi connectivity index (χ0) is 18.8. The van der Waals surface area contributed by atoms with Gasteiger partial charge in [0.15, 0.2) is 0 Å². The van der Waals surface area contributed by atoms with Crippen molar-refractivity contribution < 1.29 is 4.79 Å². The third kappa shape index (κ3) is 3.94. The van der Waals surface area contributed by atoms with Gasteiger partial charge in [-0.1, -0.05) is 55.5 Å². The lowest BCUT2D eigenvalue weighted by molar-refractivity contribution is 0.101. The molecule has 0 aliphatic carbocycles. The second kappa shape index (κ2) is 7.62. The maximum Gasteiger partial charge on any atom is 0.274 e. The number of carbonyl (C=O) groups is 1. The molecule has 7 heteroatoms. The van der Waals surface area contributed by atoms with Crippen LogP contribution in [0.1, 0.15) is 34.9 Å². The number of fused-ring (bicyclic) bond motifs is 1. The number of nitrogens with zero attached hydrogens (tertiary/aromatic N) is 3. The van der Waals surface area contributed by atoms with Crippen molar-refractivity contribution in [1.82, 2.24) is 14.8 Å². The maximum absolute atomic E-state index is 12.9. The van der Waals surface area contributed by atoms with Crippen LogP contribution >= 0.6 is 22.7 Å². The van der Waals surface area contributed by atoms with Gasteiger partial charge in [-0.2, -0.15) is 0 Å². The van der Waals surface area contributed by atoms with Crippen LogP contribution < -0.4 is 5.32 Å². The van der Waals surface area contributed by atoms with Gasteiger partial charge in [-0.15, -0.1) is 21.5 Å². The second-order valence-corrected chi connectivity index (χ2v) is 8.83. The van der Waals surface area contributed by atoms with Gasteiger partial charge in [0, 0.05) is 13.0 Å². The van der Waals surface area contributed by atoms with E-state index in [4.69, 9.17) is 0 Å². The molecule has 3 aromatic heterocycles. The first-order valence-corrected chi connectivity index (χ1v) is 10.5. The number of hydrogen-bond donors (Lipinski definition) is 1. The lowest BCUT2D eigenvalue weighted by Crippen LogP contribution is -2.17. The Morgan fingerprint density at radius 1 is 1.19 bits per heavy atom. The third-order valence-electron chi connectivity index (χ3n) is 4.21. The first-order valence-electron chi connectivity index (χ1n) is 8.84. The monoisotopic (exact) mass is 396 g/mol. The molecule has 0 aliphatic rings. The van der Waals surface area contributed by atoms with E-state index in [9.17, 15) is 4.79 Å². The van der Waals surface area contributed by atoms with E-state index in [-0.39, 0.29) is 5.91 Å². The zero-order valence-corrected chi connectivity index (χ0v) is 16.8. The average molecular weight is 397 g/mol. The fraction of sp³-hybridized carbons (Fsp3) is 0.250. The molecule has 138 valence electrons. The highest BCUT2D eigenvalue weighted by Crippen LogP contribution is 2.27. The van der Waals surface area contributed by atoms with Gasteiger partial charge in [0.05, 0.1) is 10.2 Å². The zero-order valence-electron chi connectivity index (χ0n) is 15.2. The summed E-state index contributed by atoms with van der Waals surface area (Å²) in [5.74, 6) is 0.359. The molecular formula is C20H20N4OS2. The summed E-state index contributed by atoms with van der Waals surface area (Å²) >= 11 is 3.08. The van der Waals surface area contributed by atoms with E-state index < -0.39 is 0 Å². The Labute approximate surface area is 165 Å². The van der Waals surface area contributed by atoms with Gasteiger partial charge in [-0.3, -0.25) is 10.1 Å². The molecule has 3 heterocycles. The van der Waals surface area contributed by atoms with Gasteiger partial charge in [0.1, 0.15) is 10.7 Å². The number of amides is 1. The van der Waals surface area contributed by atoms with E-state index in [2.05, 4.69) is 57.5 Å². The molecule has 1 amide bonds. The van der Waals surface area contributed by atoms with Crippen LogP contribution in [0.2, 0.25) is 0 Å². The number of benzene rings is 1. The molecule has 0 fully saturated rings. The molecule has 27 heavy (non-hydrogen) atoms. The highest BCUT2D eigenvalue weighted by molar-refractivity contribution is 7.17. The average Bonchev–Trinajstić information content (AvgIpc) is 3.33. The highest BCUT2D eigenvalue weighted by atomic mass is 32.1. The summed E-state index contributed by atoms with van der Waals surface area (Å²) in [7, 11) is 0. The molecule has 0 unspecified atom stereocenters. The largest absolute Gasteiger partial charge is 0.331 e. The Bertz CT molecular complexity index is 1060. The summed E-state index contributed by atoms with van der Waals surface area (Å²) in [5, 5.41) is 14.8. The smallest absolute Gasteiger partial charge is 0.274 e. The predicted molar refractivity (Wildman–Crippen MR) is 112 cm³/mol. The predicted octanol–water partition coefficient (Wildman–Crippen LogP) is 5.05. The molecule has 0 bridgehead atoms. The van der Waals surface area contributed by atoms with Crippen LogP contribution in [0.25, 0.3) is 10.2 Å². The lowest BCUT2D eigenvalue weighted by Gasteiger charge is -2.10. The molecular weight excluding hydrogens is 376 g/mol. The van der Waals surface area contributed by atoms with Gasteiger partial charge in [-0.25, -0.2) is 0 Å². The SMILES string of the molecule is CC(C)Cc1nnc(NC(=O)c2cc3sccc3n2Cc2ccccc2)s1. The Morgan fingerprint density at radius 3 is 2.78 bits per heavy atom. The van der Waals surface area contributed by atoms with Crippen molar-refractivity contribution in [3.8, 4) is 0 Å². The molecule has 0 saturated carbocycles.